The molecule has 0 unspecified atom stereocenters. The molecule has 10 heavy (non-hydrogen) atoms. The van der Waals surface area contributed by atoms with E-state index >= 15 is 0 Å². The van der Waals surface area contributed by atoms with Crippen LogP contribution >= 0.6 is 0 Å². The predicted molar refractivity (Wildman–Crippen MR) is 36.4 cm³/mol. The van der Waals surface area contributed by atoms with Crippen LogP contribution in [-0.2, 0) is 6.54 Å². The number of nitrogens with zero attached hydrogens (tertiary/aromatic N) is 2. The van der Waals surface area contributed by atoms with Crippen LogP contribution in [0.25, 0.3) is 0 Å². The van der Waals surface area contributed by atoms with Gasteiger partial charge < -0.3 is 10.3 Å². The maximum atomic E-state index is 10.6. The van der Waals surface area contributed by atoms with Gasteiger partial charge in [-0.15, -0.1) is 0 Å². The SMILES string of the molecule is CCn1cncc1C(N)=O. The van der Waals surface area contributed by atoms with E-state index in [2.05, 4.69) is 4.98 Å². The molecular formula is C6H9N3O. The molecule has 1 heterocycles. The molecule has 0 aliphatic rings. The number of carbonyl (C=O) groups excluding carboxylic acids is 1. The Morgan fingerprint density at radius 1 is 1.90 bits per heavy atom. The van der Waals surface area contributed by atoms with Gasteiger partial charge in [-0.25, -0.2) is 4.98 Å². The molecule has 0 spiro atoms. The lowest BCUT2D eigenvalue weighted by Crippen LogP contribution is -2.15. The van der Waals surface area contributed by atoms with Crippen molar-refractivity contribution in [3.05, 3.63) is 18.2 Å². The summed E-state index contributed by atoms with van der Waals surface area (Å²) in [4.78, 5) is 14.4. The first kappa shape index (κ1) is 6.80. The van der Waals surface area contributed by atoms with Crippen molar-refractivity contribution in [1.82, 2.24) is 9.55 Å². The normalized spacial score (nSPS) is 9.70. The molecule has 0 saturated heterocycles. The van der Waals surface area contributed by atoms with Crippen molar-refractivity contribution in [1.29, 1.82) is 0 Å². The van der Waals surface area contributed by atoms with Gasteiger partial charge in [0.1, 0.15) is 5.69 Å². The highest BCUT2D eigenvalue weighted by atomic mass is 16.1. The fraction of sp³-hybridized carbons (Fsp3) is 0.333. The number of aryl methyl sites for hydroxylation is 1. The molecule has 0 aliphatic heterocycles. The van der Waals surface area contributed by atoms with Gasteiger partial charge in [-0.2, -0.15) is 0 Å². The number of carbonyl (C=O) groups is 1. The van der Waals surface area contributed by atoms with Gasteiger partial charge in [-0.3, -0.25) is 4.79 Å². The third kappa shape index (κ3) is 1.00. The van der Waals surface area contributed by atoms with E-state index in [1.54, 1.807) is 10.9 Å². The lowest BCUT2D eigenvalue weighted by Gasteiger charge is -1.98. The molecule has 1 amide bonds. The lowest BCUT2D eigenvalue weighted by atomic mass is 10.4. The van der Waals surface area contributed by atoms with Crippen LogP contribution in [0.3, 0.4) is 0 Å². The highest BCUT2D eigenvalue weighted by Gasteiger charge is 2.04. The quantitative estimate of drug-likeness (QED) is 0.627. The van der Waals surface area contributed by atoms with Gasteiger partial charge in [-0.1, -0.05) is 0 Å². The zero-order valence-electron chi connectivity index (χ0n) is 5.74. The minimum atomic E-state index is -0.431. The topological polar surface area (TPSA) is 60.9 Å². The summed E-state index contributed by atoms with van der Waals surface area (Å²) < 4.78 is 1.70. The van der Waals surface area contributed by atoms with Gasteiger partial charge in [0, 0.05) is 6.54 Å². The summed E-state index contributed by atoms with van der Waals surface area (Å²) >= 11 is 0. The van der Waals surface area contributed by atoms with Crippen LogP contribution < -0.4 is 5.73 Å². The second-order valence-electron chi connectivity index (χ2n) is 1.93. The Balaban J connectivity index is 3.01. The smallest absolute Gasteiger partial charge is 0.266 e. The zero-order valence-corrected chi connectivity index (χ0v) is 5.74. The average molecular weight is 139 g/mol. The molecule has 0 fully saturated rings. The first-order chi connectivity index (χ1) is 4.75. The molecule has 54 valence electrons. The third-order valence-electron chi connectivity index (χ3n) is 1.31. The van der Waals surface area contributed by atoms with E-state index < -0.39 is 5.91 Å². The maximum absolute atomic E-state index is 10.6. The summed E-state index contributed by atoms with van der Waals surface area (Å²) in [7, 11) is 0. The second kappa shape index (κ2) is 2.51. The first-order valence-electron chi connectivity index (χ1n) is 3.05. The van der Waals surface area contributed by atoms with Crippen molar-refractivity contribution >= 4 is 5.91 Å². The molecule has 0 aromatic carbocycles. The van der Waals surface area contributed by atoms with Gasteiger partial charge in [-0.05, 0) is 6.92 Å². The molecule has 2 N–H and O–H groups in total. The molecule has 4 heteroatoms. The minimum Gasteiger partial charge on any atom is -0.364 e. The first-order valence-corrected chi connectivity index (χ1v) is 3.05. The van der Waals surface area contributed by atoms with Crippen molar-refractivity contribution in [2.24, 2.45) is 5.73 Å². The molecule has 4 nitrogen and oxygen atoms in total. The van der Waals surface area contributed by atoms with E-state index in [-0.39, 0.29) is 0 Å². The van der Waals surface area contributed by atoms with Gasteiger partial charge in [0.05, 0.1) is 12.5 Å². The number of aromatic nitrogens is 2. The number of hydrogen-bond donors (Lipinski definition) is 1. The maximum Gasteiger partial charge on any atom is 0.266 e. The zero-order chi connectivity index (χ0) is 7.56. The Bertz CT molecular complexity index is 241. The van der Waals surface area contributed by atoms with E-state index in [1.165, 1.54) is 6.20 Å². The summed E-state index contributed by atoms with van der Waals surface area (Å²) in [6.07, 6.45) is 3.05. The molecule has 1 aromatic heterocycles. The van der Waals surface area contributed by atoms with Crippen LogP contribution in [0.4, 0.5) is 0 Å². The number of rotatable bonds is 2. The van der Waals surface area contributed by atoms with Gasteiger partial charge >= 0.3 is 0 Å². The molecule has 0 saturated carbocycles. The van der Waals surface area contributed by atoms with E-state index in [0.717, 1.165) is 6.54 Å². The Hall–Kier alpha value is -1.32. The fourth-order valence-electron chi connectivity index (χ4n) is 0.778. The highest BCUT2D eigenvalue weighted by Crippen LogP contribution is 1.96. The van der Waals surface area contributed by atoms with Crippen LogP contribution in [0.1, 0.15) is 17.4 Å². The van der Waals surface area contributed by atoms with E-state index in [9.17, 15) is 4.79 Å². The Kier molecular flexibility index (Phi) is 1.71. The summed E-state index contributed by atoms with van der Waals surface area (Å²) in [5, 5.41) is 0. The van der Waals surface area contributed by atoms with Crippen molar-refractivity contribution in [3.8, 4) is 0 Å². The standard InChI is InChI=1S/C6H9N3O/c1-2-9-4-8-3-5(9)6(7)10/h3-4H,2H2,1H3,(H2,7,10). The molecule has 0 radical (unpaired) electrons. The van der Waals surface area contributed by atoms with E-state index in [4.69, 9.17) is 5.73 Å². The van der Waals surface area contributed by atoms with Crippen LogP contribution in [0, 0.1) is 0 Å². The number of imidazole rings is 1. The lowest BCUT2D eigenvalue weighted by molar-refractivity contribution is 0.0991. The summed E-state index contributed by atoms with van der Waals surface area (Å²) in [6.45, 7) is 2.65. The summed E-state index contributed by atoms with van der Waals surface area (Å²) in [5.41, 5.74) is 5.50. The monoisotopic (exact) mass is 139 g/mol. The Morgan fingerprint density at radius 2 is 2.60 bits per heavy atom. The summed E-state index contributed by atoms with van der Waals surface area (Å²) in [6, 6.07) is 0. The largest absolute Gasteiger partial charge is 0.364 e. The Morgan fingerprint density at radius 3 is 3.00 bits per heavy atom. The van der Waals surface area contributed by atoms with Crippen molar-refractivity contribution in [2.75, 3.05) is 0 Å². The molecule has 0 aliphatic carbocycles. The predicted octanol–water partition coefficient (Wildman–Crippen LogP) is 0.00190. The average Bonchev–Trinajstić information content (AvgIpc) is 2.33. The number of hydrogen-bond acceptors (Lipinski definition) is 2. The van der Waals surface area contributed by atoms with Crippen molar-refractivity contribution < 1.29 is 4.79 Å². The third-order valence-corrected chi connectivity index (χ3v) is 1.31. The van der Waals surface area contributed by atoms with E-state index in [1.807, 2.05) is 6.92 Å². The van der Waals surface area contributed by atoms with Crippen LogP contribution in [0.5, 0.6) is 0 Å². The molecule has 0 atom stereocenters. The van der Waals surface area contributed by atoms with Crippen molar-refractivity contribution in [3.63, 3.8) is 0 Å². The number of primary amides is 1. The van der Waals surface area contributed by atoms with Gasteiger partial charge in [0.25, 0.3) is 5.91 Å². The molecule has 1 aromatic rings. The minimum absolute atomic E-state index is 0.431. The van der Waals surface area contributed by atoms with Crippen LogP contribution in [-0.4, -0.2) is 15.5 Å². The fourth-order valence-corrected chi connectivity index (χ4v) is 0.778. The Labute approximate surface area is 58.7 Å². The number of amides is 1. The summed E-state index contributed by atoms with van der Waals surface area (Å²) in [5.74, 6) is -0.431. The van der Waals surface area contributed by atoms with Gasteiger partial charge in [0.15, 0.2) is 0 Å². The highest BCUT2D eigenvalue weighted by molar-refractivity contribution is 5.90. The van der Waals surface area contributed by atoms with E-state index in [0.29, 0.717) is 5.69 Å². The molecule has 1 rings (SSSR count). The van der Waals surface area contributed by atoms with Crippen LogP contribution in [0.15, 0.2) is 12.5 Å². The van der Waals surface area contributed by atoms with Crippen molar-refractivity contribution in [2.45, 2.75) is 13.5 Å². The van der Waals surface area contributed by atoms with Gasteiger partial charge in [0.2, 0.25) is 0 Å². The molecular weight excluding hydrogens is 130 g/mol. The molecule has 0 bridgehead atoms. The van der Waals surface area contributed by atoms with Crippen LogP contribution in [0.2, 0.25) is 0 Å². The number of nitrogens with two attached hydrogens (primary N) is 1. The second-order valence-corrected chi connectivity index (χ2v) is 1.93.